The van der Waals surface area contributed by atoms with Crippen LogP contribution in [0, 0.1) is 34.5 Å². The topological polar surface area (TPSA) is 3.88 Å². The van der Waals surface area contributed by atoms with Gasteiger partial charge in [0.05, 0.1) is 11.1 Å². The number of aryl methyl sites for hydroxylation is 1. The fraction of sp³-hybridized carbons (Fsp3) is 0.526. The lowest BCUT2D eigenvalue weighted by atomic mass is 9.97. The highest BCUT2D eigenvalue weighted by molar-refractivity contribution is 5.40. The van der Waals surface area contributed by atoms with E-state index in [4.69, 9.17) is 0 Å². The maximum absolute atomic E-state index is 3.28. The molecule has 1 heteroatoms. The van der Waals surface area contributed by atoms with E-state index in [1.165, 1.54) is 0 Å². The van der Waals surface area contributed by atoms with Crippen LogP contribution in [0.15, 0.2) is 18.5 Å². The van der Waals surface area contributed by atoms with Crippen molar-refractivity contribution < 1.29 is 4.57 Å². The predicted molar refractivity (Wildman–Crippen MR) is 85.0 cm³/mol. The highest BCUT2D eigenvalue weighted by Gasteiger charge is 2.07. The highest BCUT2D eigenvalue weighted by Crippen LogP contribution is 2.12. The SMILES string of the molecule is CC[n+]1cc(C#CC(C)(C)C)cc(C#CC(C)(C)C)c1. The molecule has 0 bridgehead atoms. The lowest BCUT2D eigenvalue weighted by molar-refractivity contribution is -0.693. The molecule has 0 atom stereocenters. The minimum atomic E-state index is 0.0180. The summed E-state index contributed by atoms with van der Waals surface area (Å²) in [5, 5.41) is 0. The van der Waals surface area contributed by atoms with Crippen molar-refractivity contribution in [1.29, 1.82) is 0 Å². The van der Waals surface area contributed by atoms with Crippen LogP contribution in [0.3, 0.4) is 0 Å². The third-order valence-corrected chi connectivity index (χ3v) is 2.45. The summed E-state index contributed by atoms with van der Waals surface area (Å²) in [6.07, 6.45) is 4.17. The van der Waals surface area contributed by atoms with Crippen molar-refractivity contribution in [3.8, 4) is 23.7 Å². The molecule has 106 valence electrons. The van der Waals surface area contributed by atoms with E-state index in [0.717, 1.165) is 17.7 Å². The van der Waals surface area contributed by atoms with Crippen molar-refractivity contribution in [1.82, 2.24) is 0 Å². The minimum absolute atomic E-state index is 0.0180. The smallest absolute Gasteiger partial charge is 0.184 e. The van der Waals surface area contributed by atoms with Crippen LogP contribution in [0.1, 0.15) is 59.6 Å². The molecule has 0 aliphatic heterocycles. The Morgan fingerprint density at radius 3 is 1.55 bits per heavy atom. The number of aromatic nitrogens is 1. The fourth-order valence-corrected chi connectivity index (χ4v) is 1.48. The van der Waals surface area contributed by atoms with Crippen LogP contribution in [0.4, 0.5) is 0 Å². The molecule has 0 fully saturated rings. The Kier molecular flexibility index (Phi) is 5.02. The molecule has 0 aromatic carbocycles. The van der Waals surface area contributed by atoms with E-state index in [-0.39, 0.29) is 10.8 Å². The molecule has 20 heavy (non-hydrogen) atoms. The molecule has 0 radical (unpaired) electrons. The second kappa shape index (κ2) is 6.15. The third-order valence-electron chi connectivity index (χ3n) is 2.45. The van der Waals surface area contributed by atoms with Crippen molar-refractivity contribution in [3.05, 3.63) is 29.6 Å². The van der Waals surface area contributed by atoms with Crippen LogP contribution in [0.2, 0.25) is 0 Å². The first-order valence-corrected chi connectivity index (χ1v) is 7.19. The zero-order valence-electron chi connectivity index (χ0n) is 13.9. The van der Waals surface area contributed by atoms with E-state index >= 15 is 0 Å². The summed E-state index contributed by atoms with van der Waals surface area (Å²) in [5.41, 5.74) is 2.10. The second-order valence-corrected chi connectivity index (χ2v) is 7.14. The summed E-state index contributed by atoms with van der Waals surface area (Å²) in [7, 11) is 0. The number of pyridine rings is 1. The summed E-state index contributed by atoms with van der Waals surface area (Å²) < 4.78 is 2.14. The molecule has 0 saturated carbocycles. The van der Waals surface area contributed by atoms with Crippen LogP contribution < -0.4 is 4.57 Å². The van der Waals surface area contributed by atoms with Gasteiger partial charge in [-0.3, -0.25) is 0 Å². The van der Waals surface area contributed by atoms with E-state index in [1.807, 2.05) is 0 Å². The average Bonchev–Trinajstić information content (AvgIpc) is 2.32. The molecule has 0 aliphatic carbocycles. The Hall–Kier alpha value is -1.73. The highest BCUT2D eigenvalue weighted by atomic mass is 14.9. The zero-order chi connectivity index (χ0) is 15.4. The first kappa shape index (κ1) is 16.3. The molecule has 0 spiro atoms. The lowest BCUT2D eigenvalue weighted by Crippen LogP contribution is -2.32. The van der Waals surface area contributed by atoms with E-state index in [9.17, 15) is 0 Å². The van der Waals surface area contributed by atoms with E-state index in [1.54, 1.807) is 0 Å². The quantitative estimate of drug-likeness (QED) is 0.539. The van der Waals surface area contributed by atoms with Gasteiger partial charge in [0.2, 0.25) is 0 Å². The van der Waals surface area contributed by atoms with Crippen LogP contribution >= 0.6 is 0 Å². The molecule has 1 rings (SSSR count). The van der Waals surface area contributed by atoms with Gasteiger partial charge >= 0.3 is 0 Å². The second-order valence-electron chi connectivity index (χ2n) is 7.14. The summed E-state index contributed by atoms with van der Waals surface area (Å²) in [4.78, 5) is 0. The van der Waals surface area contributed by atoms with E-state index in [2.05, 4.69) is 95.2 Å². The molecule has 0 saturated heterocycles. The van der Waals surface area contributed by atoms with Crippen molar-refractivity contribution in [2.24, 2.45) is 10.8 Å². The summed E-state index contributed by atoms with van der Waals surface area (Å²) >= 11 is 0. The molecule has 0 amide bonds. The lowest BCUT2D eigenvalue weighted by Gasteiger charge is -2.07. The number of rotatable bonds is 1. The van der Waals surface area contributed by atoms with E-state index < -0.39 is 0 Å². The maximum atomic E-state index is 3.28. The monoisotopic (exact) mass is 268 g/mol. The van der Waals surface area contributed by atoms with Gasteiger partial charge in [0, 0.05) is 10.8 Å². The van der Waals surface area contributed by atoms with Gasteiger partial charge in [-0.2, -0.15) is 0 Å². The van der Waals surface area contributed by atoms with Crippen molar-refractivity contribution in [2.45, 2.75) is 55.0 Å². The molecule has 1 aromatic rings. The summed E-state index contributed by atoms with van der Waals surface area (Å²) in [6, 6.07) is 2.07. The Morgan fingerprint density at radius 1 is 0.850 bits per heavy atom. The average molecular weight is 268 g/mol. The molecule has 1 heterocycles. The minimum Gasteiger partial charge on any atom is -0.203 e. The zero-order valence-corrected chi connectivity index (χ0v) is 13.9. The molecule has 0 N–H and O–H groups in total. The van der Waals surface area contributed by atoms with Crippen molar-refractivity contribution in [2.75, 3.05) is 0 Å². The van der Waals surface area contributed by atoms with Crippen LogP contribution in [-0.2, 0) is 6.54 Å². The van der Waals surface area contributed by atoms with Gasteiger partial charge in [0.1, 0.15) is 6.54 Å². The van der Waals surface area contributed by atoms with Gasteiger partial charge in [-0.15, -0.1) is 0 Å². The molecule has 0 aliphatic rings. The van der Waals surface area contributed by atoms with Gasteiger partial charge in [-0.25, -0.2) is 4.57 Å². The third kappa shape index (κ3) is 6.44. The number of nitrogens with zero attached hydrogens (tertiary/aromatic N) is 1. The van der Waals surface area contributed by atoms with Crippen LogP contribution in [-0.4, -0.2) is 0 Å². The van der Waals surface area contributed by atoms with Crippen molar-refractivity contribution >= 4 is 0 Å². The summed E-state index contributed by atoms with van der Waals surface area (Å²) in [6.45, 7) is 15.8. The Labute approximate surface area is 124 Å². The molecular formula is C19H26N+. The van der Waals surface area contributed by atoms with Crippen molar-refractivity contribution in [3.63, 3.8) is 0 Å². The first-order chi connectivity index (χ1) is 9.09. The normalized spacial score (nSPS) is 11.2. The van der Waals surface area contributed by atoms with Gasteiger partial charge in [-0.1, -0.05) is 23.7 Å². The first-order valence-electron chi connectivity index (χ1n) is 7.19. The molecule has 1 aromatic heterocycles. The maximum Gasteiger partial charge on any atom is 0.184 e. The fourth-order valence-electron chi connectivity index (χ4n) is 1.48. The number of hydrogen-bond donors (Lipinski definition) is 0. The molecule has 1 nitrogen and oxygen atoms in total. The van der Waals surface area contributed by atoms with Crippen LogP contribution in [0.25, 0.3) is 0 Å². The van der Waals surface area contributed by atoms with Crippen LogP contribution in [0.5, 0.6) is 0 Å². The Balaban J connectivity index is 3.20. The van der Waals surface area contributed by atoms with Gasteiger partial charge < -0.3 is 0 Å². The van der Waals surface area contributed by atoms with Gasteiger partial charge in [0.25, 0.3) is 0 Å². The molecular weight excluding hydrogens is 242 g/mol. The Morgan fingerprint density at radius 2 is 1.25 bits per heavy atom. The molecule has 0 unspecified atom stereocenters. The predicted octanol–water partition coefficient (Wildman–Crippen LogP) is 3.79. The van der Waals surface area contributed by atoms with Gasteiger partial charge in [-0.05, 0) is 54.5 Å². The number of hydrogen-bond acceptors (Lipinski definition) is 0. The summed E-state index contributed by atoms with van der Waals surface area (Å²) in [5.74, 6) is 13.1. The largest absolute Gasteiger partial charge is 0.203 e. The Bertz CT molecular complexity index is 537. The van der Waals surface area contributed by atoms with Gasteiger partial charge in [0.15, 0.2) is 12.4 Å². The van der Waals surface area contributed by atoms with E-state index in [0.29, 0.717) is 0 Å². The standard InChI is InChI=1S/C19H26N/c1-8-20-14-16(9-11-18(2,3)4)13-17(15-20)10-12-19(5,6)7/h13-15H,8H2,1-7H3/q+1.